The lowest BCUT2D eigenvalue weighted by Gasteiger charge is -2.09. The van der Waals surface area contributed by atoms with Crippen LogP contribution in [0.4, 0.5) is 9.59 Å². The van der Waals surface area contributed by atoms with E-state index >= 15 is 0 Å². The molecule has 0 heterocycles. The van der Waals surface area contributed by atoms with Crippen LogP contribution < -0.4 is 9.44 Å². The van der Waals surface area contributed by atoms with E-state index in [1.54, 1.807) is 4.72 Å². The summed E-state index contributed by atoms with van der Waals surface area (Å²) in [6.07, 6.45) is 1.80. The van der Waals surface area contributed by atoms with Gasteiger partial charge in [-0.15, -0.1) is 11.8 Å². The Bertz CT molecular complexity index is 765. The van der Waals surface area contributed by atoms with E-state index in [4.69, 9.17) is 9.47 Å². The zero-order valence-corrected chi connectivity index (χ0v) is 19.1. The smallest absolute Gasteiger partial charge is 0.449 e. The summed E-state index contributed by atoms with van der Waals surface area (Å²) in [4.78, 5) is 22.8. The van der Waals surface area contributed by atoms with Gasteiger partial charge in [-0.2, -0.15) is 13.1 Å². The number of rotatable bonds is 11. The van der Waals surface area contributed by atoms with Gasteiger partial charge in [-0.3, -0.25) is 0 Å². The molecule has 2 rings (SSSR count). The van der Waals surface area contributed by atoms with E-state index in [-0.39, 0.29) is 47.5 Å². The van der Waals surface area contributed by atoms with Crippen LogP contribution in [-0.4, -0.2) is 53.6 Å². The van der Waals surface area contributed by atoms with Crippen LogP contribution in [0.15, 0.2) is 4.52 Å². The summed E-state index contributed by atoms with van der Waals surface area (Å²) >= 11 is 0. The van der Waals surface area contributed by atoms with Crippen molar-refractivity contribution in [1.29, 1.82) is 0 Å². The third-order valence-electron chi connectivity index (χ3n) is 4.61. The second-order valence-electron chi connectivity index (χ2n) is 6.52. The van der Waals surface area contributed by atoms with Gasteiger partial charge in [0.1, 0.15) is 6.61 Å². The molecular formula is C16H25N3O8P2S. The maximum atomic E-state index is 11.8. The minimum absolute atomic E-state index is 0.0149. The molecule has 0 spiro atoms. The summed E-state index contributed by atoms with van der Waals surface area (Å²) in [7, 11) is -1.93. The summed E-state index contributed by atoms with van der Waals surface area (Å²) < 4.78 is 50.4. The van der Waals surface area contributed by atoms with Crippen molar-refractivity contribution in [2.45, 2.75) is 25.7 Å². The molecule has 0 aromatic carbocycles. The summed E-state index contributed by atoms with van der Waals surface area (Å²) in [5.74, 6) is 7.50. The Morgan fingerprint density at radius 2 is 1.80 bits per heavy atom. The number of ether oxygens (including phenoxy) is 3. The van der Waals surface area contributed by atoms with E-state index < -0.39 is 22.5 Å². The summed E-state index contributed by atoms with van der Waals surface area (Å²) in [5, 5.41) is 0. The Balaban J connectivity index is 1.51. The van der Waals surface area contributed by atoms with Crippen LogP contribution in [0.5, 0.6) is 0 Å². The molecule has 0 aromatic heterocycles. The van der Waals surface area contributed by atoms with E-state index in [1.165, 1.54) is 0 Å². The average Bonchev–Trinajstić information content (AvgIpc) is 3.32. The lowest BCUT2D eigenvalue weighted by atomic mass is 10.1. The van der Waals surface area contributed by atoms with E-state index in [9.17, 15) is 18.0 Å². The fraction of sp³-hybridized carbons (Fsp3) is 0.750. The number of fused-ring (bicyclic) bond motifs is 1. The fourth-order valence-electron chi connectivity index (χ4n) is 3.25. The number of nitrogens with one attached hydrogen (secondary N) is 2. The van der Waals surface area contributed by atoms with Crippen LogP contribution in [0.3, 0.4) is 0 Å². The monoisotopic (exact) mass is 481 g/mol. The molecule has 0 aliphatic heterocycles. The van der Waals surface area contributed by atoms with Gasteiger partial charge in [0.2, 0.25) is 0 Å². The lowest BCUT2D eigenvalue weighted by molar-refractivity contribution is 0.0568. The number of carbonyl (C=O) groups is 2. The van der Waals surface area contributed by atoms with Crippen LogP contribution in [0.25, 0.3) is 0 Å². The molecule has 30 heavy (non-hydrogen) atoms. The van der Waals surface area contributed by atoms with E-state index in [0.717, 1.165) is 25.7 Å². The fourth-order valence-corrected chi connectivity index (χ4v) is 4.26. The molecular weight excluding hydrogens is 456 g/mol. The van der Waals surface area contributed by atoms with Crippen molar-refractivity contribution in [1.82, 2.24) is 9.44 Å². The largest absolute Gasteiger partial charge is 0.518 e. The molecule has 0 radical (unpaired) electrons. The van der Waals surface area contributed by atoms with E-state index in [0.29, 0.717) is 11.8 Å². The molecule has 14 heteroatoms. The molecule has 2 N–H and O–H groups in total. The Kier molecular flexibility index (Phi) is 10.8. The first kappa shape index (κ1) is 24.8. The van der Waals surface area contributed by atoms with Gasteiger partial charge in [-0.1, -0.05) is 0 Å². The van der Waals surface area contributed by atoms with Gasteiger partial charge in [-0.25, -0.2) is 18.8 Å². The third kappa shape index (κ3) is 9.54. The van der Waals surface area contributed by atoms with E-state index in [1.807, 2.05) is 9.39 Å². The first-order valence-electron chi connectivity index (χ1n) is 9.34. The molecule has 0 saturated heterocycles. The average molecular weight is 481 g/mol. The van der Waals surface area contributed by atoms with Crippen LogP contribution >= 0.6 is 18.0 Å². The lowest BCUT2D eigenvalue weighted by Crippen LogP contribution is -2.42. The highest BCUT2D eigenvalue weighted by molar-refractivity contribution is 7.88. The van der Waals surface area contributed by atoms with Gasteiger partial charge in [0.05, 0.1) is 19.8 Å². The second-order valence-corrected chi connectivity index (χ2v) is 9.29. The van der Waals surface area contributed by atoms with Crippen LogP contribution in [0.2, 0.25) is 0 Å². The molecule has 2 aliphatic rings. The summed E-state index contributed by atoms with van der Waals surface area (Å²) in [5.41, 5.74) is 0. The number of hydrogen-bond acceptors (Lipinski definition) is 9. The van der Waals surface area contributed by atoms with Crippen molar-refractivity contribution >= 4 is 40.4 Å². The molecule has 0 aromatic rings. The number of amides is 1. The van der Waals surface area contributed by atoms with Crippen molar-refractivity contribution < 1.29 is 36.7 Å². The molecule has 4 atom stereocenters. The Morgan fingerprint density at radius 1 is 1.10 bits per heavy atom. The maximum Gasteiger partial charge on any atom is 0.518 e. The Morgan fingerprint density at radius 3 is 2.47 bits per heavy atom. The number of hydrogen-bond donors (Lipinski definition) is 2. The van der Waals surface area contributed by atoms with E-state index in [2.05, 4.69) is 30.3 Å². The van der Waals surface area contributed by atoms with Crippen molar-refractivity contribution in [2.24, 2.45) is 22.3 Å². The van der Waals surface area contributed by atoms with Gasteiger partial charge < -0.3 is 18.7 Å². The number of nitrogens with zero attached hydrogens (tertiary/aromatic N) is 1. The zero-order chi connectivity index (χ0) is 21.8. The van der Waals surface area contributed by atoms with Gasteiger partial charge in [0.25, 0.3) is 8.60 Å². The normalized spacial score (nSPS) is 22.6. The van der Waals surface area contributed by atoms with Gasteiger partial charge in [0.15, 0.2) is 0 Å². The maximum absolute atomic E-state index is 11.8. The van der Waals surface area contributed by atoms with Gasteiger partial charge in [-0.05, 0) is 40.0 Å². The zero-order valence-electron chi connectivity index (χ0n) is 16.2. The second kappa shape index (κ2) is 13.0. The molecule has 1 fully saturated rings. The predicted molar refractivity (Wildman–Crippen MR) is 110 cm³/mol. The molecule has 1 saturated carbocycles. The topological polar surface area (TPSA) is 142 Å². The standard InChI is InChI=1S/C16H25N3O8P2S/c20-15(26-11-14-12-5-3-1-2-4-6-13(12)14)18-30(22,23)17-7-8-24-9-10-25-16(21)27-29-19-28/h12-14,17H,3-11,28H2,(H,18,20)/t12-,13+,14?. The molecule has 1 amide bonds. The van der Waals surface area contributed by atoms with Crippen molar-refractivity contribution in [3.63, 3.8) is 0 Å². The van der Waals surface area contributed by atoms with Crippen molar-refractivity contribution in [2.75, 3.05) is 33.0 Å². The first-order valence-corrected chi connectivity index (χ1v) is 12.1. The van der Waals surface area contributed by atoms with Gasteiger partial charge in [0, 0.05) is 19.4 Å². The Labute approximate surface area is 179 Å². The molecule has 2 aliphatic carbocycles. The highest BCUT2D eigenvalue weighted by atomic mass is 32.2. The minimum Gasteiger partial charge on any atom is -0.449 e. The first-order chi connectivity index (χ1) is 14.4. The number of carbonyl (C=O) groups excluding carboxylic acids is 2. The van der Waals surface area contributed by atoms with Crippen LogP contribution in [-0.2, 0) is 28.9 Å². The highest BCUT2D eigenvalue weighted by Gasteiger charge is 2.49. The van der Waals surface area contributed by atoms with Crippen LogP contribution in [0.1, 0.15) is 25.7 Å². The quantitative estimate of drug-likeness (QED) is 0.198. The van der Waals surface area contributed by atoms with Crippen molar-refractivity contribution in [3.8, 4) is 11.8 Å². The highest BCUT2D eigenvalue weighted by Crippen LogP contribution is 2.52. The van der Waals surface area contributed by atoms with Crippen molar-refractivity contribution in [3.05, 3.63) is 0 Å². The third-order valence-corrected chi connectivity index (χ3v) is 6.24. The van der Waals surface area contributed by atoms with Gasteiger partial charge >= 0.3 is 22.5 Å². The molecule has 11 nitrogen and oxygen atoms in total. The van der Waals surface area contributed by atoms with Crippen LogP contribution in [0, 0.1) is 29.6 Å². The SMILES string of the molecule is O=C(NS(=O)(=O)NCCOCCOC(=O)OP=NP)OCC1[C@H]2CCC#CCC[C@@H]12. The summed E-state index contributed by atoms with van der Waals surface area (Å²) in [6.45, 7) is 0.131. The predicted octanol–water partition coefficient (Wildman–Crippen LogP) is 1.99. The minimum atomic E-state index is -4.06. The molecule has 168 valence electrons. The Hall–Kier alpha value is -1.50. The molecule has 2 unspecified atom stereocenters. The summed E-state index contributed by atoms with van der Waals surface area (Å²) in [6, 6.07) is 0. The molecule has 0 bridgehead atoms.